The molecule has 0 bridgehead atoms. The van der Waals surface area contributed by atoms with Crippen molar-refractivity contribution in [2.45, 2.75) is 6.92 Å². The van der Waals surface area contributed by atoms with E-state index in [2.05, 4.69) is 5.32 Å². The van der Waals surface area contributed by atoms with Crippen molar-refractivity contribution in [1.82, 2.24) is 10.2 Å². The Morgan fingerprint density at radius 3 is 2.58 bits per heavy atom. The molecule has 1 heterocycles. The maximum absolute atomic E-state index is 13.0. The van der Waals surface area contributed by atoms with Crippen LogP contribution < -0.4 is 5.32 Å². The Morgan fingerprint density at radius 2 is 1.92 bits per heavy atom. The average Bonchev–Trinajstić information content (AvgIpc) is 3.02. The highest BCUT2D eigenvalue weighted by Gasteiger charge is 2.09. The highest BCUT2D eigenvalue weighted by Crippen LogP contribution is 2.28. The highest BCUT2D eigenvalue weighted by atomic mass is 32.1. The zero-order valence-electron chi connectivity index (χ0n) is 13.6. The monoisotopic (exact) mass is 346 g/mol. The summed E-state index contributed by atoms with van der Waals surface area (Å²) < 4.78 is 13.0. The van der Waals surface area contributed by atoms with Crippen molar-refractivity contribution in [3.05, 3.63) is 53.2 Å². The zero-order chi connectivity index (χ0) is 17.5. The number of nitrogens with one attached hydrogen (secondary N) is 1. The number of halogens is 1. The molecule has 1 aromatic heterocycles. The van der Waals surface area contributed by atoms with Gasteiger partial charge in [0.1, 0.15) is 5.82 Å². The number of carbonyl (C=O) groups excluding carboxylic acids is 2. The molecule has 0 atom stereocenters. The van der Waals surface area contributed by atoms with Crippen molar-refractivity contribution in [1.29, 1.82) is 0 Å². The number of thiophene rings is 1. The molecule has 0 spiro atoms. The first-order chi connectivity index (χ1) is 11.5. The zero-order valence-corrected chi connectivity index (χ0v) is 14.4. The van der Waals surface area contributed by atoms with E-state index in [0.29, 0.717) is 6.54 Å². The fourth-order valence-corrected chi connectivity index (χ4v) is 2.95. The van der Waals surface area contributed by atoms with Gasteiger partial charge in [-0.2, -0.15) is 0 Å². The molecule has 0 radical (unpaired) electrons. The van der Waals surface area contributed by atoms with Crippen LogP contribution in [0.15, 0.2) is 42.5 Å². The van der Waals surface area contributed by atoms with E-state index < -0.39 is 0 Å². The van der Waals surface area contributed by atoms with Gasteiger partial charge >= 0.3 is 0 Å². The molecule has 1 aromatic carbocycles. The first-order valence-electron chi connectivity index (χ1n) is 7.55. The van der Waals surface area contributed by atoms with E-state index >= 15 is 0 Å². The summed E-state index contributed by atoms with van der Waals surface area (Å²) in [6.07, 6.45) is 3.16. The summed E-state index contributed by atoms with van der Waals surface area (Å²) in [6, 6.07) is 10.1. The molecule has 2 rings (SSSR count). The Balaban J connectivity index is 1.98. The van der Waals surface area contributed by atoms with Crippen molar-refractivity contribution >= 4 is 29.2 Å². The normalized spacial score (nSPS) is 10.8. The topological polar surface area (TPSA) is 49.4 Å². The van der Waals surface area contributed by atoms with Gasteiger partial charge in [-0.25, -0.2) is 4.39 Å². The second kappa shape index (κ2) is 8.40. The van der Waals surface area contributed by atoms with Crippen LogP contribution in [-0.4, -0.2) is 36.9 Å². The molecule has 0 saturated heterocycles. The lowest BCUT2D eigenvalue weighted by molar-refractivity contribution is -0.131. The molecule has 1 N–H and O–H groups in total. The van der Waals surface area contributed by atoms with Gasteiger partial charge in [-0.1, -0.05) is 12.1 Å². The summed E-state index contributed by atoms with van der Waals surface area (Å²) in [5.74, 6) is -0.689. The summed E-state index contributed by atoms with van der Waals surface area (Å²) in [7, 11) is 1.58. The number of carbonyl (C=O) groups is 2. The summed E-state index contributed by atoms with van der Waals surface area (Å²) >= 11 is 1.51. The Bertz CT molecular complexity index is 738. The van der Waals surface area contributed by atoms with Crippen LogP contribution in [0.3, 0.4) is 0 Å². The van der Waals surface area contributed by atoms with Crippen molar-refractivity contribution < 1.29 is 14.0 Å². The Labute approximate surface area is 144 Å². The van der Waals surface area contributed by atoms with Gasteiger partial charge in [-0.15, -0.1) is 11.3 Å². The molecule has 126 valence electrons. The first-order valence-corrected chi connectivity index (χ1v) is 8.37. The number of nitrogens with zero attached hydrogens (tertiary/aromatic N) is 1. The molecule has 0 aliphatic carbocycles. The number of likely N-dealkylation sites (N-methyl/N-ethyl adjacent to an activating group) is 2. The fraction of sp³-hybridized carbons (Fsp3) is 0.222. The molecule has 0 aliphatic rings. The van der Waals surface area contributed by atoms with Crippen molar-refractivity contribution in [3.8, 4) is 10.4 Å². The van der Waals surface area contributed by atoms with Crippen molar-refractivity contribution in [2.75, 3.05) is 20.1 Å². The quantitative estimate of drug-likeness (QED) is 0.817. The maximum atomic E-state index is 13.0. The molecule has 0 aliphatic heterocycles. The second-order valence-electron chi connectivity index (χ2n) is 5.19. The molecular formula is C18H19FN2O2S. The Morgan fingerprint density at radius 1 is 1.21 bits per heavy atom. The predicted molar refractivity (Wildman–Crippen MR) is 95.1 cm³/mol. The minimum atomic E-state index is -0.267. The minimum absolute atomic E-state index is 0.0300. The van der Waals surface area contributed by atoms with Crippen LogP contribution in [0.1, 0.15) is 11.8 Å². The van der Waals surface area contributed by atoms with Gasteiger partial charge in [0, 0.05) is 29.4 Å². The minimum Gasteiger partial charge on any atom is -0.355 e. The number of amides is 2. The smallest absolute Gasteiger partial charge is 0.246 e. The van der Waals surface area contributed by atoms with Gasteiger partial charge in [0.15, 0.2) is 0 Å². The molecule has 0 fully saturated rings. The first kappa shape index (κ1) is 17.9. The lowest BCUT2D eigenvalue weighted by atomic mass is 10.2. The van der Waals surface area contributed by atoms with Crippen molar-refractivity contribution in [2.24, 2.45) is 0 Å². The second-order valence-corrected chi connectivity index (χ2v) is 6.31. The molecule has 6 heteroatoms. The molecule has 2 amide bonds. The molecule has 0 unspecified atom stereocenters. The third-order valence-electron chi connectivity index (χ3n) is 3.28. The van der Waals surface area contributed by atoms with Crippen LogP contribution in [-0.2, 0) is 9.59 Å². The van der Waals surface area contributed by atoms with E-state index in [4.69, 9.17) is 0 Å². The Hall–Kier alpha value is -2.47. The average molecular weight is 346 g/mol. The SMILES string of the molecule is CCNC(=O)CN(C)C(=O)C=Cc1ccc(-c2ccc(F)cc2)s1. The summed E-state index contributed by atoms with van der Waals surface area (Å²) in [5.41, 5.74) is 0.931. The van der Waals surface area contributed by atoms with Crippen LogP contribution in [0.25, 0.3) is 16.5 Å². The standard InChI is InChI=1S/C18H19FN2O2S/c1-3-20-17(22)12-21(2)18(23)11-9-15-8-10-16(24-15)13-4-6-14(19)7-5-13/h4-11H,3,12H2,1-2H3,(H,20,22). The summed E-state index contributed by atoms with van der Waals surface area (Å²) in [6.45, 7) is 2.40. The van der Waals surface area contributed by atoms with Crippen LogP contribution >= 0.6 is 11.3 Å². The van der Waals surface area contributed by atoms with Gasteiger partial charge in [0.05, 0.1) is 6.54 Å². The largest absolute Gasteiger partial charge is 0.355 e. The third-order valence-corrected chi connectivity index (χ3v) is 4.38. The van der Waals surface area contributed by atoms with Gasteiger partial charge < -0.3 is 10.2 Å². The summed E-state index contributed by atoms with van der Waals surface area (Å²) in [4.78, 5) is 26.7. The van der Waals surface area contributed by atoms with E-state index in [1.807, 2.05) is 19.1 Å². The number of benzene rings is 1. The lowest BCUT2D eigenvalue weighted by Gasteiger charge is -2.13. The van der Waals surface area contributed by atoms with Gasteiger partial charge in [0.25, 0.3) is 0 Å². The van der Waals surface area contributed by atoms with Gasteiger partial charge in [-0.05, 0) is 42.8 Å². The molecule has 4 nitrogen and oxygen atoms in total. The van der Waals surface area contributed by atoms with Crippen LogP contribution in [0.2, 0.25) is 0 Å². The van der Waals surface area contributed by atoms with E-state index in [0.717, 1.165) is 15.3 Å². The van der Waals surface area contributed by atoms with Gasteiger partial charge in [0.2, 0.25) is 11.8 Å². The van der Waals surface area contributed by atoms with Gasteiger partial charge in [-0.3, -0.25) is 9.59 Å². The number of rotatable bonds is 6. The van der Waals surface area contributed by atoms with Crippen LogP contribution in [0.4, 0.5) is 4.39 Å². The number of hydrogen-bond acceptors (Lipinski definition) is 3. The predicted octanol–water partition coefficient (Wildman–Crippen LogP) is 3.16. The van der Waals surface area contributed by atoms with E-state index in [1.54, 1.807) is 25.3 Å². The summed E-state index contributed by atoms with van der Waals surface area (Å²) in [5, 5.41) is 2.65. The molecule has 2 aromatic rings. The van der Waals surface area contributed by atoms with E-state index in [-0.39, 0.29) is 24.2 Å². The third kappa shape index (κ3) is 5.03. The Kier molecular flexibility index (Phi) is 6.26. The van der Waals surface area contributed by atoms with Crippen LogP contribution in [0.5, 0.6) is 0 Å². The lowest BCUT2D eigenvalue weighted by Crippen LogP contribution is -2.37. The van der Waals surface area contributed by atoms with Crippen molar-refractivity contribution in [3.63, 3.8) is 0 Å². The maximum Gasteiger partial charge on any atom is 0.246 e. The van der Waals surface area contributed by atoms with E-state index in [1.165, 1.54) is 34.4 Å². The molecule has 0 saturated carbocycles. The molecule has 24 heavy (non-hydrogen) atoms. The van der Waals surface area contributed by atoms with E-state index in [9.17, 15) is 14.0 Å². The number of hydrogen-bond donors (Lipinski definition) is 1. The highest BCUT2D eigenvalue weighted by molar-refractivity contribution is 7.16. The molecular weight excluding hydrogens is 327 g/mol. The fourth-order valence-electron chi connectivity index (χ4n) is 2.04. The van der Waals surface area contributed by atoms with Crippen LogP contribution in [0, 0.1) is 5.82 Å².